The molecule has 1 nitrogen and oxygen atoms in total. The predicted molar refractivity (Wildman–Crippen MR) is 43.6 cm³/mol. The fraction of sp³-hybridized carbons (Fsp3) is 0.625. The topological polar surface area (TPSA) is 12.9 Å². The monoisotopic (exact) mass is 171 g/mol. The first-order valence-electron chi connectivity index (χ1n) is 3.75. The maximum absolute atomic E-state index is 13.5. The normalized spacial score (nSPS) is 20.3. The minimum Gasteiger partial charge on any atom is -0.243 e. The van der Waals surface area contributed by atoms with Crippen molar-refractivity contribution in [3.8, 4) is 0 Å². The first-order chi connectivity index (χ1) is 5.12. The molecule has 0 saturated heterocycles. The third-order valence-electron chi connectivity index (χ3n) is 2.02. The molecule has 1 aromatic heterocycles. The zero-order valence-corrected chi connectivity index (χ0v) is 7.46. The summed E-state index contributed by atoms with van der Waals surface area (Å²) in [4.78, 5) is 5.23. The zero-order chi connectivity index (χ0) is 8.06. The van der Waals surface area contributed by atoms with Gasteiger partial charge < -0.3 is 0 Å². The second-order valence-corrected chi connectivity index (χ2v) is 4.51. The first-order valence-corrected chi connectivity index (χ1v) is 4.57. The van der Waals surface area contributed by atoms with Crippen molar-refractivity contribution in [2.75, 3.05) is 0 Å². The molecule has 1 aliphatic rings. The van der Waals surface area contributed by atoms with Gasteiger partial charge >= 0.3 is 0 Å². The van der Waals surface area contributed by atoms with E-state index in [2.05, 4.69) is 4.98 Å². The SMILES string of the molecule is Cc1nc(C2(F)CC2)c(C)s1. The number of nitrogens with zero attached hydrogens (tertiary/aromatic N) is 1. The van der Waals surface area contributed by atoms with Crippen molar-refractivity contribution in [2.45, 2.75) is 32.4 Å². The third-order valence-corrected chi connectivity index (χ3v) is 2.90. The van der Waals surface area contributed by atoms with Gasteiger partial charge in [0, 0.05) is 4.88 Å². The fourth-order valence-electron chi connectivity index (χ4n) is 1.29. The largest absolute Gasteiger partial charge is 0.243 e. The van der Waals surface area contributed by atoms with Crippen LogP contribution in [0.15, 0.2) is 0 Å². The van der Waals surface area contributed by atoms with Gasteiger partial charge in [0.1, 0.15) is 0 Å². The molecule has 0 aromatic carbocycles. The zero-order valence-electron chi connectivity index (χ0n) is 6.65. The van der Waals surface area contributed by atoms with Crippen molar-refractivity contribution < 1.29 is 4.39 Å². The van der Waals surface area contributed by atoms with E-state index in [0.717, 1.165) is 9.88 Å². The Morgan fingerprint density at radius 1 is 1.45 bits per heavy atom. The molecular formula is C8H10FNS. The molecule has 1 saturated carbocycles. The summed E-state index contributed by atoms with van der Waals surface area (Å²) in [6.45, 7) is 3.87. The van der Waals surface area contributed by atoms with Crippen molar-refractivity contribution in [3.63, 3.8) is 0 Å². The van der Waals surface area contributed by atoms with E-state index in [1.54, 1.807) is 11.3 Å². The smallest absolute Gasteiger partial charge is 0.154 e. The number of hydrogen-bond acceptors (Lipinski definition) is 2. The Bertz CT molecular complexity index is 288. The Kier molecular flexibility index (Phi) is 1.34. The Balaban J connectivity index is 2.44. The number of aromatic nitrogens is 1. The van der Waals surface area contributed by atoms with Crippen LogP contribution in [0.1, 0.15) is 28.4 Å². The van der Waals surface area contributed by atoms with Gasteiger partial charge in [0.05, 0.1) is 10.7 Å². The van der Waals surface area contributed by atoms with Crippen molar-refractivity contribution in [2.24, 2.45) is 0 Å². The van der Waals surface area contributed by atoms with Crippen LogP contribution in [0, 0.1) is 13.8 Å². The van der Waals surface area contributed by atoms with Gasteiger partial charge in [-0.3, -0.25) is 0 Å². The molecule has 0 bridgehead atoms. The summed E-state index contributed by atoms with van der Waals surface area (Å²) in [7, 11) is 0. The Labute approximate surface area is 69.3 Å². The summed E-state index contributed by atoms with van der Waals surface area (Å²) >= 11 is 1.58. The average Bonchev–Trinajstić information content (AvgIpc) is 2.55. The van der Waals surface area contributed by atoms with Crippen LogP contribution in [0.25, 0.3) is 0 Å². The molecule has 0 aliphatic heterocycles. The molecule has 1 heterocycles. The van der Waals surface area contributed by atoms with Gasteiger partial charge in [-0.1, -0.05) is 0 Å². The lowest BCUT2D eigenvalue weighted by atomic mass is 10.2. The molecule has 11 heavy (non-hydrogen) atoms. The van der Waals surface area contributed by atoms with Crippen LogP contribution in [0.2, 0.25) is 0 Å². The van der Waals surface area contributed by atoms with Crippen LogP contribution in [0.3, 0.4) is 0 Å². The molecule has 60 valence electrons. The number of alkyl halides is 1. The quantitative estimate of drug-likeness (QED) is 0.633. The highest BCUT2D eigenvalue weighted by Gasteiger charge is 2.48. The van der Waals surface area contributed by atoms with Gasteiger partial charge in [-0.05, 0) is 26.7 Å². The maximum Gasteiger partial charge on any atom is 0.154 e. The van der Waals surface area contributed by atoms with E-state index >= 15 is 0 Å². The third kappa shape index (κ3) is 1.07. The highest BCUT2D eigenvalue weighted by Crippen LogP contribution is 2.50. The number of halogens is 1. The van der Waals surface area contributed by atoms with Crippen LogP contribution in [0.4, 0.5) is 4.39 Å². The molecule has 0 amide bonds. The van der Waals surface area contributed by atoms with E-state index in [0.29, 0.717) is 18.5 Å². The fourth-order valence-corrected chi connectivity index (χ4v) is 2.20. The second kappa shape index (κ2) is 2.03. The molecule has 2 rings (SSSR count). The van der Waals surface area contributed by atoms with E-state index in [1.807, 2.05) is 13.8 Å². The molecule has 1 aromatic rings. The van der Waals surface area contributed by atoms with Crippen molar-refractivity contribution in [1.82, 2.24) is 4.98 Å². The molecule has 0 atom stereocenters. The van der Waals surface area contributed by atoms with Gasteiger partial charge in [-0.2, -0.15) is 0 Å². The summed E-state index contributed by atoms with van der Waals surface area (Å²) in [5.74, 6) is 0. The highest BCUT2D eigenvalue weighted by molar-refractivity contribution is 7.11. The van der Waals surface area contributed by atoms with Crippen LogP contribution in [-0.2, 0) is 5.67 Å². The lowest BCUT2D eigenvalue weighted by molar-refractivity contribution is 0.309. The van der Waals surface area contributed by atoms with E-state index < -0.39 is 5.67 Å². The van der Waals surface area contributed by atoms with Gasteiger partial charge in [-0.15, -0.1) is 11.3 Å². The molecule has 0 radical (unpaired) electrons. The van der Waals surface area contributed by atoms with Crippen molar-refractivity contribution in [1.29, 1.82) is 0 Å². The lowest BCUT2D eigenvalue weighted by Crippen LogP contribution is -1.99. The number of hydrogen-bond donors (Lipinski definition) is 0. The first kappa shape index (κ1) is 7.22. The van der Waals surface area contributed by atoms with Crippen molar-refractivity contribution >= 4 is 11.3 Å². The molecule has 1 fully saturated rings. The molecule has 0 spiro atoms. The standard InChI is InChI=1S/C8H10FNS/c1-5-7(8(9)3-4-8)10-6(2)11-5/h3-4H2,1-2H3. The Morgan fingerprint density at radius 2 is 2.09 bits per heavy atom. The van der Waals surface area contributed by atoms with Crippen LogP contribution >= 0.6 is 11.3 Å². The van der Waals surface area contributed by atoms with E-state index in [-0.39, 0.29) is 0 Å². The number of rotatable bonds is 1. The van der Waals surface area contributed by atoms with Gasteiger partial charge in [0.15, 0.2) is 5.67 Å². The summed E-state index contributed by atoms with van der Waals surface area (Å²) in [5, 5.41) is 0.974. The van der Waals surface area contributed by atoms with Gasteiger partial charge in [0.2, 0.25) is 0 Å². The summed E-state index contributed by atoms with van der Waals surface area (Å²) < 4.78 is 13.5. The average molecular weight is 171 g/mol. The summed E-state index contributed by atoms with van der Waals surface area (Å²) in [6, 6.07) is 0. The molecule has 0 unspecified atom stereocenters. The number of thiazole rings is 1. The van der Waals surface area contributed by atoms with Gasteiger partial charge in [0.25, 0.3) is 0 Å². The summed E-state index contributed by atoms with van der Waals surface area (Å²) in [5.41, 5.74) is -0.352. The van der Waals surface area contributed by atoms with Crippen LogP contribution in [0.5, 0.6) is 0 Å². The maximum atomic E-state index is 13.5. The Hall–Kier alpha value is -0.440. The molecule has 3 heteroatoms. The van der Waals surface area contributed by atoms with E-state index in [1.165, 1.54) is 0 Å². The molecule has 1 aliphatic carbocycles. The van der Waals surface area contributed by atoms with Crippen LogP contribution < -0.4 is 0 Å². The highest BCUT2D eigenvalue weighted by atomic mass is 32.1. The molecular weight excluding hydrogens is 161 g/mol. The van der Waals surface area contributed by atoms with Gasteiger partial charge in [-0.25, -0.2) is 9.37 Å². The predicted octanol–water partition coefficient (Wildman–Crippen LogP) is 2.72. The van der Waals surface area contributed by atoms with E-state index in [9.17, 15) is 4.39 Å². The van der Waals surface area contributed by atoms with Crippen LogP contribution in [-0.4, -0.2) is 4.98 Å². The lowest BCUT2D eigenvalue weighted by Gasteiger charge is -1.99. The molecule has 0 N–H and O–H groups in total. The second-order valence-electron chi connectivity index (χ2n) is 3.10. The minimum absolute atomic E-state index is 0.664. The summed E-state index contributed by atoms with van der Waals surface area (Å²) in [6.07, 6.45) is 1.33. The Morgan fingerprint density at radius 3 is 2.45 bits per heavy atom. The van der Waals surface area contributed by atoms with Crippen molar-refractivity contribution in [3.05, 3.63) is 15.6 Å². The van der Waals surface area contributed by atoms with E-state index in [4.69, 9.17) is 0 Å². The number of aryl methyl sites for hydroxylation is 2. The minimum atomic E-state index is -1.05.